The summed E-state index contributed by atoms with van der Waals surface area (Å²) in [7, 11) is 4.31. The normalized spacial score (nSPS) is 28.7. The summed E-state index contributed by atoms with van der Waals surface area (Å²) in [5, 5.41) is 16.7. The van der Waals surface area contributed by atoms with Crippen molar-refractivity contribution in [1.82, 2.24) is 25.3 Å². The second-order valence-electron chi connectivity index (χ2n) is 16.6. The Morgan fingerprint density at radius 1 is 0.900 bits per heavy atom. The summed E-state index contributed by atoms with van der Waals surface area (Å²) >= 11 is 0. The first kappa shape index (κ1) is 51.1. The van der Waals surface area contributed by atoms with Crippen molar-refractivity contribution >= 4 is 41.5 Å². The highest BCUT2D eigenvalue weighted by Crippen LogP contribution is 2.24. The largest absolute Gasteiger partial charge is 0.456 e. The molecule has 5 amide bonds. The number of likely N-dealkylation sites (N-methyl/N-ethyl adjacent to an activating group) is 3. The predicted octanol–water partition coefficient (Wildman–Crippen LogP) is 3.58. The summed E-state index contributed by atoms with van der Waals surface area (Å²) in [5.41, 5.74) is 1.53. The van der Waals surface area contributed by atoms with E-state index in [0.29, 0.717) is 12.0 Å². The number of cyclic esters (lactones) is 2. The lowest BCUT2D eigenvalue weighted by Gasteiger charge is -2.34. The van der Waals surface area contributed by atoms with Crippen LogP contribution in [0.15, 0.2) is 53.6 Å². The van der Waals surface area contributed by atoms with E-state index in [9.17, 15) is 38.7 Å². The maximum Gasteiger partial charge on any atom is 0.334 e. The van der Waals surface area contributed by atoms with Crippen molar-refractivity contribution in [2.45, 2.75) is 137 Å². The molecule has 0 unspecified atom stereocenters. The van der Waals surface area contributed by atoms with E-state index >= 15 is 0 Å². The fourth-order valence-electron chi connectivity index (χ4n) is 6.73. The van der Waals surface area contributed by atoms with Gasteiger partial charge in [-0.2, -0.15) is 0 Å². The monoisotopic (exact) mass is 840 g/mol. The van der Waals surface area contributed by atoms with Crippen LogP contribution in [0.3, 0.4) is 0 Å². The third kappa shape index (κ3) is 14.3. The zero-order valence-electron chi connectivity index (χ0n) is 37.8. The van der Waals surface area contributed by atoms with Gasteiger partial charge < -0.3 is 39.9 Å². The standard InChI is InChI=1S/C45H69N5O10/c1-14-27(5)38-43(56)49(12)32(10)45(58)60-39(28(6)15-2)30(8)35(51)22-21-29(7)44(57)59-36(23-26(3)4)40(53)46-31(9)41(54)50(13)34(24-33-19-17-16-18-20-33)42(55)48(11)25-37(52)47-38/h15-21,26-27,30-32,34-36,38-39,51H,14,22-25H2,1-13H3,(H,46,53)(H,47,52)/b28-15+,29-21+/t27-,30-,31-,32+,34+,35-,36+,38-,39+/m0/s1. The molecule has 15 nitrogen and oxygen atoms in total. The molecule has 3 N–H and O–H groups in total. The van der Waals surface area contributed by atoms with Gasteiger partial charge in [-0.1, -0.05) is 83.5 Å². The van der Waals surface area contributed by atoms with Crippen LogP contribution in [0.2, 0.25) is 0 Å². The Morgan fingerprint density at radius 3 is 2.08 bits per heavy atom. The minimum absolute atomic E-state index is 0.0195. The first-order valence-corrected chi connectivity index (χ1v) is 20.9. The molecule has 0 saturated heterocycles. The van der Waals surface area contributed by atoms with E-state index < -0.39 is 96.4 Å². The van der Waals surface area contributed by atoms with E-state index in [4.69, 9.17) is 9.47 Å². The van der Waals surface area contributed by atoms with E-state index in [2.05, 4.69) is 10.6 Å². The van der Waals surface area contributed by atoms with Crippen molar-refractivity contribution in [3.8, 4) is 0 Å². The number of rotatable bonds is 7. The average molecular weight is 840 g/mol. The van der Waals surface area contributed by atoms with Gasteiger partial charge in [0.25, 0.3) is 5.91 Å². The Labute approximate surface area is 356 Å². The number of hydrogen-bond donors (Lipinski definition) is 3. The lowest BCUT2D eigenvalue weighted by atomic mass is 9.90. The summed E-state index contributed by atoms with van der Waals surface area (Å²) in [5.74, 6) is -5.68. The summed E-state index contributed by atoms with van der Waals surface area (Å²) in [6.07, 6.45) is 0.713. The highest BCUT2D eigenvalue weighted by Gasteiger charge is 2.38. The molecule has 1 aromatic carbocycles. The van der Waals surface area contributed by atoms with E-state index in [1.807, 2.05) is 26.8 Å². The van der Waals surface area contributed by atoms with Gasteiger partial charge in [-0.15, -0.1) is 0 Å². The molecule has 0 spiro atoms. The molecule has 1 aliphatic rings. The number of carbonyl (C=O) groups excluding carboxylic acids is 7. The number of carbonyl (C=O) groups is 7. The van der Waals surface area contributed by atoms with Crippen LogP contribution in [0.4, 0.5) is 0 Å². The summed E-state index contributed by atoms with van der Waals surface area (Å²) in [6, 6.07) is 4.61. The van der Waals surface area contributed by atoms with Crippen LogP contribution in [0.5, 0.6) is 0 Å². The van der Waals surface area contributed by atoms with Crippen LogP contribution in [0, 0.1) is 17.8 Å². The maximum absolute atomic E-state index is 14.2. The minimum Gasteiger partial charge on any atom is -0.456 e. The Bertz CT molecular complexity index is 1730. The maximum atomic E-state index is 14.2. The third-order valence-corrected chi connectivity index (χ3v) is 11.4. The molecule has 0 radical (unpaired) electrons. The second-order valence-corrected chi connectivity index (χ2v) is 16.6. The fraction of sp³-hybridized carbons (Fsp3) is 0.622. The first-order valence-electron chi connectivity index (χ1n) is 20.9. The molecule has 1 aliphatic heterocycles. The van der Waals surface area contributed by atoms with Gasteiger partial charge in [0.1, 0.15) is 30.3 Å². The molecule has 0 aliphatic carbocycles. The topological polar surface area (TPSA) is 192 Å². The van der Waals surface area contributed by atoms with Crippen molar-refractivity contribution < 1.29 is 48.1 Å². The number of nitrogens with zero attached hydrogens (tertiary/aromatic N) is 3. The Kier molecular flexibility index (Phi) is 20.2. The molecule has 0 aromatic heterocycles. The van der Waals surface area contributed by atoms with E-state index in [-0.39, 0.29) is 36.7 Å². The molecule has 0 fully saturated rings. The minimum atomic E-state index is -1.26. The van der Waals surface area contributed by atoms with Crippen molar-refractivity contribution in [3.05, 3.63) is 59.2 Å². The Hall–Kier alpha value is -5.05. The van der Waals surface area contributed by atoms with Crippen LogP contribution >= 0.6 is 0 Å². The Balaban J connectivity index is 2.66. The van der Waals surface area contributed by atoms with Crippen molar-refractivity contribution in [2.75, 3.05) is 27.7 Å². The summed E-state index contributed by atoms with van der Waals surface area (Å²) < 4.78 is 11.6. The van der Waals surface area contributed by atoms with Crippen molar-refractivity contribution in [1.29, 1.82) is 0 Å². The third-order valence-electron chi connectivity index (χ3n) is 11.4. The van der Waals surface area contributed by atoms with Gasteiger partial charge in [0, 0.05) is 39.1 Å². The zero-order chi connectivity index (χ0) is 45.6. The number of esters is 2. The van der Waals surface area contributed by atoms with Crippen LogP contribution in [-0.2, 0) is 49.5 Å². The van der Waals surface area contributed by atoms with Crippen LogP contribution in [-0.4, -0.2) is 131 Å². The van der Waals surface area contributed by atoms with Gasteiger partial charge in [0.15, 0.2) is 6.10 Å². The van der Waals surface area contributed by atoms with Crippen molar-refractivity contribution in [2.24, 2.45) is 17.8 Å². The fourth-order valence-corrected chi connectivity index (χ4v) is 6.73. The molecular formula is C45H69N5O10. The number of ether oxygens (including phenoxy) is 2. The smallest absolute Gasteiger partial charge is 0.334 e. The van der Waals surface area contributed by atoms with Gasteiger partial charge in [0.05, 0.1) is 12.6 Å². The second kappa shape index (κ2) is 23.7. The predicted molar refractivity (Wildman–Crippen MR) is 228 cm³/mol. The zero-order valence-corrected chi connectivity index (χ0v) is 37.8. The van der Waals surface area contributed by atoms with Crippen LogP contribution in [0.25, 0.3) is 0 Å². The van der Waals surface area contributed by atoms with Gasteiger partial charge in [0.2, 0.25) is 23.6 Å². The molecule has 9 atom stereocenters. The number of aliphatic hydroxyl groups excluding tert-OH is 1. The molecule has 0 saturated carbocycles. The quantitative estimate of drug-likeness (QED) is 0.270. The highest BCUT2D eigenvalue weighted by molar-refractivity contribution is 5.96. The van der Waals surface area contributed by atoms with E-state index in [0.717, 1.165) is 5.56 Å². The van der Waals surface area contributed by atoms with Gasteiger partial charge >= 0.3 is 11.9 Å². The number of allylic oxidation sites excluding steroid dienone is 1. The lowest BCUT2D eigenvalue weighted by molar-refractivity contribution is -0.160. The molecule has 0 bridgehead atoms. The highest BCUT2D eigenvalue weighted by atomic mass is 16.6. The lowest BCUT2D eigenvalue weighted by Crippen LogP contribution is -2.58. The molecule has 334 valence electrons. The Morgan fingerprint density at radius 2 is 1.52 bits per heavy atom. The molecule has 2 rings (SSSR count). The number of benzene rings is 1. The van der Waals surface area contributed by atoms with E-state index in [1.165, 1.54) is 62.7 Å². The van der Waals surface area contributed by atoms with E-state index in [1.54, 1.807) is 58.0 Å². The number of hydrogen-bond acceptors (Lipinski definition) is 10. The first-order chi connectivity index (χ1) is 28.0. The molecule has 1 aromatic rings. The average Bonchev–Trinajstić information content (AvgIpc) is 3.22. The molecule has 15 heteroatoms. The molecular weight excluding hydrogens is 771 g/mol. The number of amides is 5. The van der Waals surface area contributed by atoms with Crippen molar-refractivity contribution in [3.63, 3.8) is 0 Å². The number of nitrogens with one attached hydrogen (secondary N) is 2. The molecule has 60 heavy (non-hydrogen) atoms. The van der Waals surface area contributed by atoms with Crippen LogP contribution in [0.1, 0.15) is 94.1 Å². The summed E-state index contributed by atoms with van der Waals surface area (Å²) in [6.45, 7) is 16.6. The summed E-state index contributed by atoms with van der Waals surface area (Å²) in [4.78, 5) is 100. The van der Waals surface area contributed by atoms with Gasteiger partial charge in [-0.3, -0.25) is 24.0 Å². The van der Waals surface area contributed by atoms with Gasteiger partial charge in [-0.25, -0.2) is 9.59 Å². The molecule has 1 heterocycles. The number of aliphatic hydroxyl groups is 1. The van der Waals surface area contributed by atoms with Gasteiger partial charge in [-0.05, 0) is 70.4 Å². The van der Waals surface area contributed by atoms with Crippen LogP contribution < -0.4 is 10.6 Å². The SMILES string of the molecule is C/C=C(\C)[C@H]1OC(=O)[C@@H](C)N(C)C(=O)[C@H]([C@@H](C)CC)NC(=O)CN(C)C(=O)[C@@H](Cc2ccccc2)N(C)C(=O)[C@H](C)NC(=O)[C@@H](CC(C)C)OC(=O)/C(C)=C/C[C@H](O)[C@@H]1C.